The maximum atomic E-state index is 12.7. The topological polar surface area (TPSA) is 63.4 Å². The molecule has 0 spiro atoms. The standard InChI is InChI=1S/C15H23BrN2O2S/c1-15(2)8-6-11(7-9-15)18(3)21(19,20)12-4-5-14(17)13(16)10-12/h4-5,10-11H,6-9,17H2,1-3H3. The predicted octanol–water partition coefficient (Wildman–Crippen LogP) is 3.62. The molecule has 1 aliphatic rings. The minimum absolute atomic E-state index is 0.0827. The van der Waals surface area contributed by atoms with Gasteiger partial charge in [0, 0.05) is 23.2 Å². The van der Waals surface area contributed by atoms with Gasteiger partial charge in [-0.3, -0.25) is 0 Å². The minimum Gasteiger partial charge on any atom is -0.398 e. The van der Waals surface area contributed by atoms with E-state index in [-0.39, 0.29) is 10.9 Å². The van der Waals surface area contributed by atoms with E-state index in [9.17, 15) is 8.42 Å². The third-order valence-electron chi connectivity index (χ3n) is 4.47. The van der Waals surface area contributed by atoms with Gasteiger partial charge in [-0.15, -0.1) is 0 Å². The predicted molar refractivity (Wildman–Crippen MR) is 89.5 cm³/mol. The molecular formula is C15H23BrN2O2S. The summed E-state index contributed by atoms with van der Waals surface area (Å²) in [5, 5.41) is 0. The molecule has 0 amide bonds. The Morgan fingerprint density at radius 2 is 1.86 bits per heavy atom. The molecule has 2 N–H and O–H groups in total. The van der Waals surface area contributed by atoms with Gasteiger partial charge < -0.3 is 5.73 Å². The first-order valence-electron chi connectivity index (χ1n) is 7.16. The van der Waals surface area contributed by atoms with E-state index >= 15 is 0 Å². The van der Waals surface area contributed by atoms with E-state index in [1.165, 1.54) is 4.31 Å². The molecule has 1 aromatic rings. The average molecular weight is 375 g/mol. The summed E-state index contributed by atoms with van der Waals surface area (Å²) >= 11 is 3.29. The molecule has 0 unspecified atom stereocenters. The van der Waals surface area contributed by atoms with Crippen LogP contribution in [0.5, 0.6) is 0 Å². The molecule has 6 heteroatoms. The lowest BCUT2D eigenvalue weighted by Crippen LogP contribution is -2.40. The second kappa shape index (κ2) is 5.89. The summed E-state index contributed by atoms with van der Waals surface area (Å²) in [4.78, 5) is 0.288. The third kappa shape index (κ3) is 3.60. The Kier molecular flexibility index (Phi) is 4.71. The van der Waals surface area contributed by atoms with Crippen LogP contribution in [0.25, 0.3) is 0 Å². The largest absolute Gasteiger partial charge is 0.398 e. The first-order valence-corrected chi connectivity index (χ1v) is 9.40. The molecule has 0 radical (unpaired) electrons. The highest BCUT2D eigenvalue weighted by Crippen LogP contribution is 2.38. The fraction of sp³-hybridized carbons (Fsp3) is 0.600. The van der Waals surface area contributed by atoms with Crippen molar-refractivity contribution in [2.75, 3.05) is 12.8 Å². The minimum atomic E-state index is -3.47. The summed E-state index contributed by atoms with van der Waals surface area (Å²) in [6.45, 7) is 4.49. The van der Waals surface area contributed by atoms with E-state index < -0.39 is 10.0 Å². The quantitative estimate of drug-likeness (QED) is 0.821. The molecular weight excluding hydrogens is 352 g/mol. The molecule has 21 heavy (non-hydrogen) atoms. The zero-order chi connectivity index (χ0) is 15.8. The monoisotopic (exact) mass is 374 g/mol. The molecule has 1 aliphatic carbocycles. The van der Waals surface area contributed by atoms with Gasteiger partial charge >= 0.3 is 0 Å². The zero-order valence-corrected chi connectivity index (χ0v) is 15.2. The van der Waals surface area contributed by atoms with E-state index in [1.807, 2.05) is 0 Å². The SMILES string of the molecule is CN(C1CCC(C)(C)CC1)S(=O)(=O)c1ccc(N)c(Br)c1. The van der Waals surface area contributed by atoms with Crippen molar-refractivity contribution in [2.45, 2.75) is 50.5 Å². The fourth-order valence-electron chi connectivity index (χ4n) is 2.78. The lowest BCUT2D eigenvalue weighted by molar-refractivity contribution is 0.174. The van der Waals surface area contributed by atoms with Crippen LogP contribution in [0.1, 0.15) is 39.5 Å². The second-order valence-corrected chi connectivity index (χ2v) is 9.45. The number of anilines is 1. The number of benzene rings is 1. The number of halogens is 1. The molecule has 0 aliphatic heterocycles. The highest BCUT2D eigenvalue weighted by atomic mass is 79.9. The number of nitrogens with zero attached hydrogens (tertiary/aromatic N) is 1. The number of nitrogen functional groups attached to an aromatic ring is 1. The molecule has 0 atom stereocenters. The van der Waals surface area contributed by atoms with Gasteiger partial charge in [0.05, 0.1) is 4.90 Å². The first-order chi connectivity index (χ1) is 9.63. The van der Waals surface area contributed by atoms with Crippen molar-refractivity contribution in [2.24, 2.45) is 5.41 Å². The molecule has 1 aromatic carbocycles. The molecule has 2 rings (SSSR count). The van der Waals surface area contributed by atoms with Crippen LogP contribution in [0.4, 0.5) is 5.69 Å². The Hall–Kier alpha value is -0.590. The highest BCUT2D eigenvalue weighted by molar-refractivity contribution is 9.10. The number of hydrogen-bond acceptors (Lipinski definition) is 3. The maximum absolute atomic E-state index is 12.7. The van der Waals surface area contributed by atoms with Crippen molar-refractivity contribution in [3.05, 3.63) is 22.7 Å². The lowest BCUT2D eigenvalue weighted by Gasteiger charge is -2.38. The number of rotatable bonds is 3. The van der Waals surface area contributed by atoms with Crippen LogP contribution >= 0.6 is 15.9 Å². The fourth-order valence-corrected chi connectivity index (χ4v) is 4.75. The summed E-state index contributed by atoms with van der Waals surface area (Å²) in [6, 6.07) is 4.85. The van der Waals surface area contributed by atoms with Crippen LogP contribution < -0.4 is 5.73 Å². The van der Waals surface area contributed by atoms with Crippen molar-refractivity contribution in [1.82, 2.24) is 4.31 Å². The summed E-state index contributed by atoms with van der Waals surface area (Å²) in [5.74, 6) is 0. The first kappa shape index (κ1) is 16.8. The molecule has 0 heterocycles. The molecule has 118 valence electrons. The molecule has 1 saturated carbocycles. The Morgan fingerprint density at radius 1 is 1.29 bits per heavy atom. The Balaban J connectivity index is 2.21. The summed E-state index contributed by atoms with van der Waals surface area (Å²) in [7, 11) is -1.78. The van der Waals surface area contributed by atoms with E-state index in [0.29, 0.717) is 15.6 Å². The third-order valence-corrected chi connectivity index (χ3v) is 7.06. The van der Waals surface area contributed by atoms with Crippen molar-refractivity contribution in [1.29, 1.82) is 0 Å². The number of nitrogens with two attached hydrogens (primary N) is 1. The number of hydrogen-bond donors (Lipinski definition) is 1. The van der Waals surface area contributed by atoms with Gasteiger partial charge in [-0.2, -0.15) is 4.31 Å². The van der Waals surface area contributed by atoms with Gasteiger partial charge in [-0.05, 0) is 65.2 Å². The Labute approximate surface area is 135 Å². The molecule has 0 bridgehead atoms. The summed E-state index contributed by atoms with van der Waals surface area (Å²) in [6.07, 6.45) is 3.95. The van der Waals surface area contributed by atoms with Crippen molar-refractivity contribution in [3.63, 3.8) is 0 Å². The maximum Gasteiger partial charge on any atom is 0.243 e. The van der Waals surface area contributed by atoms with Crippen molar-refractivity contribution >= 4 is 31.6 Å². The second-order valence-electron chi connectivity index (χ2n) is 6.60. The Morgan fingerprint density at radius 3 is 2.38 bits per heavy atom. The van der Waals surface area contributed by atoms with Crippen LogP contribution in [0.15, 0.2) is 27.6 Å². The zero-order valence-electron chi connectivity index (χ0n) is 12.8. The van der Waals surface area contributed by atoms with E-state index in [1.54, 1.807) is 25.2 Å². The van der Waals surface area contributed by atoms with Crippen LogP contribution in [-0.2, 0) is 10.0 Å². The van der Waals surface area contributed by atoms with Crippen molar-refractivity contribution < 1.29 is 8.42 Å². The van der Waals surface area contributed by atoms with Crippen LogP contribution in [0, 0.1) is 5.41 Å². The van der Waals surface area contributed by atoms with E-state index in [4.69, 9.17) is 5.73 Å². The van der Waals surface area contributed by atoms with Gasteiger partial charge in [0.2, 0.25) is 10.0 Å². The highest BCUT2D eigenvalue weighted by Gasteiger charge is 2.34. The van der Waals surface area contributed by atoms with E-state index in [2.05, 4.69) is 29.8 Å². The molecule has 0 saturated heterocycles. The van der Waals surface area contributed by atoms with Gasteiger partial charge in [0.15, 0.2) is 0 Å². The van der Waals surface area contributed by atoms with Gasteiger partial charge in [-0.25, -0.2) is 8.42 Å². The summed E-state index contributed by atoms with van der Waals surface area (Å²) in [5.41, 5.74) is 6.59. The molecule has 0 aromatic heterocycles. The number of sulfonamides is 1. The van der Waals surface area contributed by atoms with Crippen LogP contribution in [0.2, 0.25) is 0 Å². The van der Waals surface area contributed by atoms with Crippen LogP contribution in [-0.4, -0.2) is 25.8 Å². The summed E-state index contributed by atoms with van der Waals surface area (Å²) < 4.78 is 27.6. The smallest absolute Gasteiger partial charge is 0.243 e. The Bertz CT molecular complexity index is 619. The molecule has 1 fully saturated rings. The average Bonchev–Trinajstić information content (AvgIpc) is 2.41. The van der Waals surface area contributed by atoms with Gasteiger partial charge in [0.1, 0.15) is 0 Å². The molecule has 4 nitrogen and oxygen atoms in total. The van der Waals surface area contributed by atoms with Gasteiger partial charge in [0.25, 0.3) is 0 Å². The van der Waals surface area contributed by atoms with Crippen LogP contribution in [0.3, 0.4) is 0 Å². The van der Waals surface area contributed by atoms with Crippen molar-refractivity contribution in [3.8, 4) is 0 Å². The normalized spacial score (nSPS) is 19.9. The van der Waals surface area contributed by atoms with Gasteiger partial charge in [-0.1, -0.05) is 13.8 Å². The van der Waals surface area contributed by atoms with E-state index in [0.717, 1.165) is 25.7 Å². The lowest BCUT2D eigenvalue weighted by atomic mass is 9.76.